The van der Waals surface area contributed by atoms with Gasteiger partial charge in [0.2, 0.25) is 0 Å². The maximum absolute atomic E-state index is 13.5. The normalized spacial score (nSPS) is 14.6. The van der Waals surface area contributed by atoms with Gasteiger partial charge in [-0.15, -0.1) is 11.3 Å². The first-order valence-corrected chi connectivity index (χ1v) is 12.0. The number of thiazole rings is 1. The summed E-state index contributed by atoms with van der Waals surface area (Å²) < 4.78 is 1.33. The molecule has 0 N–H and O–H groups in total. The molecule has 8 heteroatoms. The molecule has 0 bridgehead atoms. The smallest absolute Gasteiger partial charge is 0.279 e. The minimum Gasteiger partial charge on any atom is -0.335 e. The van der Waals surface area contributed by atoms with Crippen molar-refractivity contribution in [3.05, 3.63) is 86.7 Å². The van der Waals surface area contributed by atoms with Crippen LogP contribution in [-0.4, -0.2) is 56.7 Å². The number of rotatable bonds is 5. The number of carbonyl (C=O) groups excluding carboxylic acids is 1. The van der Waals surface area contributed by atoms with Crippen molar-refractivity contribution in [2.24, 2.45) is 0 Å². The Kier molecular flexibility index (Phi) is 6.02. The van der Waals surface area contributed by atoms with Gasteiger partial charge in [0.05, 0.1) is 21.8 Å². The average molecular weight is 460 g/mol. The van der Waals surface area contributed by atoms with E-state index in [2.05, 4.69) is 27.3 Å². The third kappa shape index (κ3) is 4.31. The molecule has 0 aliphatic carbocycles. The molecule has 7 nitrogen and oxygen atoms in total. The van der Waals surface area contributed by atoms with E-state index in [-0.39, 0.29) is 11.5 Å². The van der Waals surface area contributed by atoms with Crippen molar-refractivity contribution < 1.29 is 4.79 Å². The number of aromatic nitrogens is 3. The van der Waals surface area contributed by atoms with Crippen LogP contribution in [0, 0.1) is 0 Å². The molecule has 168 valence electrons. The lowest BCUT2D eigenvalue weighted by Gasteiger charge is -2.34. The number of hydrogen-bond acceptors (Lipinski definition) is 6. The van der Waals surface area contributed by atoms with Crippen LogP contribution in [0.15, 0.2) is 64.8 Å². The Morgan fingerprint density at radius 3 is 2.36 bits per heavy atom. The lowest BCUT2D eigenvalue weighted by molar-refractivity contribution is 0.0622. The van der Waals surface area contributed by atoms with Crippen LogP contribution in [0.4, 0.5) is 0 Å². The minimum atomic E-state index is -0.229. The first-order valence-electron chi connectivity index (χ1n) is 11.2. The molecule has 0 radical (unpaired) electrons. The molecule has 1 aliphatic heterocycles. The summed E-state index contributed by atoms with van der Waals surface area (Å²) in [5.41, 5.74) is 1.82. The fraction of sp³-hybridized carbons (Fsp3) is 0.280. The molecule has 1 saturated heterocycles. The zero-order valence-electron chi connectivity index (χ0n) is 18.5. The van der Waals surface area contributed by atoms with Crippen molar-refractivity contribution in [3.63, 3.8) is 0 Å². The Labute approximate surface area is 195 Å². The molecule has 0 saturated carbocycles. The van der Waals surface area contributed by atoms with Crippen LogP contribution in [0.1, 0.15) is 28.1 Å². The number of aryl methyl sites for hydroxylation is 1. The maximum Gasteiger partial charge on any atom is 0.279 e. The predicted molar refractivity (Wildman–Crippen MR) is 130 cm³/mol. The largest absolute Gasteiger partial charge is 0.335 e. The second-order valence-corrected chi connectivity index (χ2v) is 9.04. The molecule has 33 heavy (non-hydrogen) atoms. The summed E-state index contributed by atoms with van der Waals surface area (Å²) in [5, 5.41) is 8.91. The Balaban J connectivity index is 1.39. The van der Waals surface area contributed by atoms with E-state index in [0.29, 0.717) is 35.2 Å². The highest BCUT2D eigenvalue weighted by molar-refractivity contribution is 7.09. The van der Waals surface area contributed by atoms with Gasteiger partial charge in [-0.3, -0.25) is 14.5 Å². The Morgan fingerprint density at radius 2 is 1.67 bits per heavy atom. The topological polar surface area (TPSA) is 71.3 Å². The standard InChI is InChI=1S/C25H25N5O2S/c1-2-22-26-18(17-33-22)16-28-12-14-29(15-13-28)25(32)23-20-10-6-7-11-21(20)24(31)30(27-23)19-8-4-3-5-9-19/h3-11,17H,2,12-16H2,1H3. The molecular weight excluding hydrogens is 434 g/mol. The van der Waals surface area contributed by atoms with E-state index in [0.717, 1.165) is 36.8 Å². The molecule has 5 rings (SSSR count). The molecule has 0 atom stereocenters. The molecule has 3 heterocycles. The molecule has 0 spiro atoms. The summed E-state index contributed by atoms with van der Waals surface area (Å²) in [5.74, 6) is -0.141. The van der Waals surface area contributed by atoms with Gasteiger partial charge in [0.25, 0.3) is 11.5 Å². The van der Waals surface area contributed by atoms with Gasteiger partial charge < -0.3 is 4.90 Å². The zero-order chi connectivity index (χ0) is 22.8. The van der Waals surface area contributed by atoms with Crippen LogP contribution in [-0.2, 0) is 13.0 Å². The van der Waals surface area contributed by atoms with Gasteiger partial charge in [0, 0.05) is 43.5 Å². The van der Waals surface area contributed by atoms with Gasteiger partial charge >= 0.3 is 0 Å². The van der Waals surface area contributed by atoms with Crippen LogP contribution in [0.5, 0.6) is 0 Å². The SMILES string of the molecule is CCc1nc(CN2CCN(C(=O)c3nn(-c4ccccc4)c(=O)c4ccccc34)CC2)cs1. The molecule has 1 aliphatic rings. The zero-order valence-corrected chi connectivity index (χ0v) is 19.3. The van der Waals surface area contributed by atoms with Gasteiger partial charge in [0.15, 0.2) is 5.69 Å². The molecule has 0 unspecified atom stereocenters. The van der Waals surface area contributed by atoms with Gasteiger partial charge in [-0.25, -0.2) is 4.98 Å². The van der Waals surface area contributed by atoms with E-state index in [1.165, 1.54) is 4.68 Å². The summed E-state index contributed by atoms with van der Waals surface area (Å²) in [7, 11) is 0. The van der Waals surface area contributed by atoms with E-state index in [4.69, 9.17) is 0 Å². The molecular formula is C25H25N5O2S. The molecule has 2 aromatic carbocycles. The number of amides is 1. The van der Waals surface area contributed by atoms with Gasteiger partial charge in [0.1, 0.15) is 0 Å². The number of benzene rings is 2. The monoisotopic (exact) mass is 459 g/mol. The van der Waals surface area contributed by atoms with Crippen LogP contribution in [0.2, 0.25) is 0 Å². The lowest BCUT2D eigenvalue weighted by Crippen LogP contribution is -2.48. The van der Waals surface area contributed by atoms with Crippen LogP contribution < -0.4 is 5.56 Å². The van der Waals surface area contributed by atoms with E-state index >= 15 is 0 Å². The number of nitrogens with zero attached hydrogens (tertiary/aromatic N) is 5. The van der Waals surface area contributed by atoms with Crippen LogP contribution in [0.3, 0.4) is 0 Å². The Bertz CT molecular complexity index is 1340. The average Bonchev–Trinajstić information content (AvgIpc) is 3.32. The summed E-state index contributed by atoms with van der Waals surface area (Å²) in [6.45, 7) is 5.71. The number of para-hydroxylation sites is 1. The number of hydrogen-bond donors (Lipinski definition) is 0. The van der Waals surface area contributed by atoms with Crippen molar-refractivity contribution in [2.75, 3.05) is 26.2 Å². The fourth-order valence-corrected chi connectivity index (χ4v) is 4.90. The first-order chi connectivity index (χ1) is 16.1. The summed E-state index contributed by atoms with van der Waals surface area (Å²) in [6, 6.07) is 16.4. The maximum atomic E-state index is 13.5. The van der Waals surface area contributed by atoms with Crippen molar-refractivity contribution in [3.8, 4) is 5.69 Å². The predicted octanol–water partition coefficient (Wildman–Crippen LogP) is 3.36. The van der Waals surface area contributed by atoms with Gasteiger partial charge in [-0.05, 0) is 24.6 Å². The van der Waals surface area contributed by atoms with E-state index in [1.807, 2.05) is 47.4 Å². The van der Waals surface area contributed by atoms with Crippen LogP contribution >= 0.6 is 11.3 Å². The Hall–Kier alpha value is -3.36. The molecule has 1 fully saturated rings. The molecule has 4 aromatic rings. The highest BCUT2D eigenvalue weighted by atomic mass is 32.1. The van der Waals surface area contributed by atoms with E-state index in [1.54, 1.807) is 23.5 Å². The molecule has 2 aromatic heterocycles. The third-order valence-corrected chi connectivity index (χ3v) is 7.00. The van der Waals surface area contributed by atoms with Crippen molar-refractivity contribution in [1.82, 2.24) is 24.6 Å². The highest BCUT2D eigenvalue weighted by Crippen LogP contribution is 2.19. The van der Waals surface area contributed by atoms with Crippen molar-refractivity contribution in [1.29, 1.82) is 0 Å². The summed E-state index contributed by atoms with van der Waals surface area (Å²) in [6.07, 6.45) is 0.957. The van der Waals surface area contributed by atoms with Crippen molar-refractivity contribution >= 4 is 28.0 Å². The highest BCUT2D eigenvalue weighted by Gasteiger charge is 2.26. The minimum absolute atomic E-state index is 0.141. The summed E-state index contributed by atoms with van der Waals surface area (Å²) in [4.78, 5) is 35.4. The van der Waals surface area contributed by atoms with Crippen LogP contribution in [0.25, 0.3) is 16.5 Å². The second kappa shape index (κ2) is 9.25. The van der Waals surface area contributed by atoms with Gasteiger partial charge in [-0.1, -0.05) is 43.3 Å². The fourth-order valence-electron chi connectivity index (χ4n) is 4.16. The first kappa shape index (κ1) is 21.5. The van der Waals surface area contributed by atoms with Gasteiger partial charge in [-0.2, -0.15) is 9.78 Å². The number of carbonyl (C=O) groups is 1. The van der Waals surface area contributed by atoms with E-state index in [9.17, 15) is 9.59 Å². The van der Waals surface area contributed by atoms with E-state index < -0.39 is 0 Å². The van der Waals surface area contributed by atoms with Crippen molar-refractivity contribution in [2.45, 2.75) is 19.9 Å². The summed E-state index contributed by atoms with van der Waals surface area (Å²) >= 11 is 1.70. The lowest BCUT2D eigenvalue weighted by atomic mass is 10.1. The third-order valence-electron chi connectivity index (χ3n) is 5.96. The second-order valence-electron chi connectivity index (χ2n) is 8.10. The Morgan fingerprint density at radius 1 is 0.970 bits per heavy atom. The number of fused-ring (bicyclic) bond motifs is 1. The molecule has 1 amide bonds. The number of piperazine rings is 1. The quantitative estimate of drug-likeness (QED) is 0.458.